The van der Waals surface area contributed by atoms with Crippen molar-refractivity contribution in [2.75, 3.05) is 11.9 Å². The molecule has 0 aliphatic heterocycles. The van der Waals surface area contributed by atoms with Crippen molar-refractivity contribution in [1.29, 1.82) is 5.26 Å². The minimum Gasteiger partial charge on any atom is -0.451 e. The fourth-order valence-corrected chi connectivity index (χ4v) is 2.13. The van der Waals surface area contributed by atoms with Gasteiger partial charge in [0.15, 0.2) is 12.3 Å². The Morgan fingerprint density at radius 1 is 1.23 bits per heavy atom. The lowest BCUT2D eigenvalue weighted by Gasteiger charge is -2.08. The van der Waals surface area contributed by atoms with E-state index in [9.17, 15) is 14.4 Å². The Bertz CT molecular complexity index is 881. The molecule has 0 spiro atoms. The van der Waals surface area contributed by atoms with Crippen LogP contribution in [0.5, 0.6) is 0 Å². The summed E-state index contributed by atoms with van der Waals surface area (Å²) in [6.45, 7) is 1.80. The van der Waals surface area contributed by atoms with Gasteiger partial charge in [0.1, 0.15) is 0 Å². The third-order valence-corrected chi connectivity index (χ3v) is 3.37. The topological polar surface area (TPSA) is 114 Å². The quantitative estimate of drug-likeness (QED) is 0.754. The molecule has 0 bridgehead atoms. The van der Waals surface area contributed by atoms with Gasteiger partial charge in [-0.25, -0.2) is 9.48 Å². The van der Waals surface area contributed by atoms with Crippen molar-refractivity contribution in [2.24, 2.45) is 0 Å². The van der Waals surface area contributed by atoms with Crippen LogP contribution >= 0.6 is 0 Å². The summed E-state index contributed by atoms with van der Waals surface area (Å²) in [6.07, 6.45) is 0.986. The molecule has 0 atom stereocenters. The molecule has 8 nitrogen and oxygen atoms in total. The number of carbonyl (C=O) groups excluding carboxylic acids is 2. The van der Waals surface area contributed by atoms with Gasteiger partial charge >= 0.3 is 5.97 Å². The molecule has 134 valence electrons. The van der Waals surface area contributed by atoms with Gasteiger partial charge in [-0.1, -0.05) is 19.1 Å². The van der Waals surface area contributed by atoms with Crippen molar-refractivity contribution in [2.45, 2.75) is 26.3 Å². The molecular weight excluding hydrogens is 336 g/mol. The molecule has 0 radical (unpaired) electrons. The molecule has 1 aromatic carbocycles. The fourth-order valence-electron chi connectivity index (χ4n) is 2.13. The number of anilines is 1. The fraction of sp³-hybridized carbons (Fsp3) is 0.278. The van der Waals surface area contributed by atoms with E-state index in [0.717, 1.165) is 5.56 Å². The maximum Gasteiger partial charge on any atom is 0.359 e. The Morgan fingerprint density at radius 3 is 2.62 bits per heavy atom. The molecule has 0 saturated carbocycles. The summed E-state index contributed by atoms with van der Waals surface area (Å²) in [6, 6.07) is 11.3. The zero-order valence-electron chi connectivity index (χ0n) is 14.3. The summed E-state index contributed by atoms with van der Waals surface area (Å²) in [7, 11) is 0. The number of ether oxygens (including phenoxy) is 1. The number of nitriles is 1. The number of hydrogen-bond donors (Lipinski definition) is 1. The first-order valence-electron chi connectivity index (χ1n) is 8.04. The average Bonchev–Trinajstić information content (AvgIpc) is 2.63. The highest BCUT2D eigenvalue weighted by atomic mass is 16.5. The smallest absolute Gasteiger partial charge is 0.359 e. The summed E-state index contributed by atoms with van der Waals surface area (Å²) in [5.41, 5.74) is 1.03. The largest absolute Gasteiger partial charge is 0.451 e. The van der Waals surface area contributed by atoms with Gasteiger partial charge in [0.25, 0.3) is 11.5 Å². The van der Waals surface area contributed by atoms with E-state index >= 15 is 0 Å². The van der Waals surface area contributed by atoms with Gasteiger partial charge in [0, 0.05) is 18.3 Å². The lowest BCUT2D eigenvalue weighted by atomic mass is 10.1. The van der Waals surface area contributed by atoms with Gasteiger partial charge in [-0.3, -0.25) is 9.59 Å². The van der Waals surface area contributed by atoms with Crippen LogP contribution in [0.4, 0.5) is 5.69 Å². The SMILES string of the molecule is CCCn1nc(C(=O)OCC(=O)Nc2ccc(CC#N)cc2)ccc1=O. The van der Waals surface area contributed by atoms with Crippen molar-refractivity contribution in [3.63, 3.8) is 0 Å². The third kappa shape index (κ3) is 5.27. The maximum absolute atomic E-state index is 12.0. The molecule has 1 heterocycles. The number of nitrogens with zero attached hydrogens (tertiary/aromatic N) is 3. The van der Waals surface area contributed by atoms with E-state index in [1.54, 1.807) is 24.3 Å². The first-order chi connectivity index (χ1) is 12.5. The molecule has 0 aliphatic carbocycles. The second-order valence-electron chi connectivity index (χ2n) is 5.44. The molecule has 0 unspecified atom stereocenters. The molecular formula is C18H18N4O4. The molecule has 1 amide bonds. The Morgan fingerprint density at radius 2 is 1.96 bits per heavy atom. The van der Waals surface area contributed by atoms with Gasteiger partial charge in [0.2, 0.25) is 0 Å². The van der Waals surface area contributed by atoms with E-state index in [0.29, 0.717) is 25.1 Å². The van der Waals surface area contributed by atoms with Crippen molar-refractivity contribution >= 4 is 17.6 Å². The highest BCUT2D eigenvalue weighted by molar-refractivity contribution is 5.94. The number of nitrogens with one attached hydrogen (secondary N) is 1. The molecule has 2 rings (SSSR count). The summed E-state index contributed by atoms with van der Waals surface area (Å²) < 4.78 is 6.11. The highest BCUT2D eigenvalue weighted by Crippen LogP contribution is 2.09. The second-order valence-corrected chi connectivity index (χ2v) is 5.44. The number of esters is 1. The van der Waals surface area contributed by atoms with Crippen LogP contribution in [0.25, 0.3) is 0 Å². The first kappa shape index (κ1) is 18.9. The third-order valence-electron chi connectivity index (χ3n) is 3.37. The number of amides is 1. The normalized spacial score (nSPS) is 10.0. The van der Waals surface area contributed by atoms with Crippen LogP contribution in [0.15, 0.2) is 41.2 Å². The Kier molecular flexibility index (Phi) is 6.62. The monoisotopic (exact) mass is 354 g/mol. The number of benzene rings is 1. The zero-order chi connectivity index (χ0) is 18.9. The number of carbonyl (C=O) groups is 2. The molecule has 2 aromatic rings. The standard InChI is InChI=1S/C18H18N4O4/c1-2-11-22-17(24)8-7-15(21-22)18(25)26-12-16(23)20-14-5-3-13(4-6-14)9-10-19/h3-8H,2,9,11-12H2,1H3,(H,20,23). The van der Waals surface area contributed by atoms with Crippen LogP contribution in [-0.2, 0) is 22.5 Å². The lowest BCUT2D eigenvalue weighted by molar-refractivity contribution is -0.119. The molecule has 26 heavy (non-hydrogen) atoms. The van der Waals surface area contributed by atoms with Crippen LogP contribution in [0, 0.1) is 11.3 Å². The van der Waals surface area contributed by atoms with E-state index in [1.807, 2.05) is 13.0 Å². The van der Waals surface area contributed by atoms with Crippen LogP contribution in [0.3, 0.4) is 0 Å². The van der Waals surface area contributed by atoms with Crippen LogP contribution in [0.1, 0.15) is 29.4 Å². The van der Waals surface area contributed by atoms with Gasteiger partial charge in [-0.2, -0.15) is 10.4 Å². The number of hydrogen-bond acceptors (Lipinski definition) is 6. The van der Waals surface area contributed by atoms with E-state index in [4.69, 9.17) is 10.00 Å². The number of aromatic nitrogens is 2. The zero-order valence-corrected chi connectivity index (χ0v) is 14.3. The van der Waals surface area contributed by atoms with E-state index < -0.39 is 18.5 Å². The number of aryl methyl sites for hydroxylation is 1. The summed E-state index contributed by atoms with van der Waals surface area (Å²) in [5.74, 6) is -1.29. The Hall–Kier alpha value is -3.47. The van der Waals surface area contributed by atoms with E-state index in [-0.39, 0.29) is 11.3 Å². The number of rotatable bonds is 7. The molecule has 0 saturated heterocycles. The molecule has 0 fully saturated rings. The summed E-state index contributed by atoms with van der Waals surface area (Å²) in [5, 5.41) is 15.1. The van der Waals surface area contributed by atoms with Gasteiger partial charge in [0.05, 0.1) is 12.5 Å². The maximum atomic E-state index is 12.0. The van der Waals surface area contributed by atoms with Crippen molar-refractivity contribution < 1.29 is 14.3 Å². The molecule has 1 aromatic heterocycles. The van der Waals surface area contributed by atoms with E-state index in [2.05, 4.69) is 10.4 Å². The summed E-state index contributed by atoms with van der Waals surface area (Å²) >= 11 is 0. The predicted octanol–water partition coefficient (Wildman–Crippen LogP) is 1.51. The van der Waals surface area contributed by atoms with Gasteiger partial charge in [-0.05, 0) is 30.2 Å². The minimum atomic E-state index is -0.783. The van der Waals surface area contributed by atoms with Crippen LogP contribution < -0.4 is 10.9 Å². The van der Waals surface area contributed by atoms with Crippen LogP contribution in [-0.4, -0.2) is 28.3 Å². The molecule has 1 N–H and O–H groups in total. The van der Waals surface area contributed by atoms with Crippen molar-refractivity contribution in [3.05, 3.63) is 58.0 Å². The average molecular weight is 354 g/mol. The van der Waals surface area contributed by atoms with Crippen molar-refractivity contribution in [3.8, 4) is 6.07 Å². The van der Waals surface area contributed by atoms with Crippen molar-refractivity contribution in [1.82, 2.24) is 9.78 Å². The highest BCUT2D eigenvalue weighted by Gasteiger charge is 2.13. The van der Waals surface area contributed by atoms with E-state index in [1.165, 1.54) is 16.8 Å². The Labute approximate surface area is 150 Å². The lowest BCUT2D eigenvalue weighted by Crippen LogP contribution is -2.26. The minimum absolute atomic E-state index is 0.0355. The second kappa shape index (κ2) is 9.13. The Balaban J connectivity index is 1.90. The van der Waals surface area contributed by atoms with Crippen LogP contribution in [0.2, 0.25) is 0 Å². The molecule has 0 aliphatic rings. The van der Waals surface area contributed by atoms with Gasteiger partial charge < -0.3 is 10.1 Å². The molecule has 8 heteroatoms. The summed E-state index contributed by atoms with van der Waals surface area (Å²) in [4.78, 5) is 35.4. The first-order valence-corrected chi connectivity index (χ1v) is 8.04. The predicted molar refractivity (Wildman–Crippen MR) is 93.5 cm³/mol. The van der Waals surface area contributed by atoms with Gasteiger partial charge in [-0.15, -0.1) is 0 Å².